The molecule has 7 nitrogen and oxygen atoms in total. The number of amides is 2. The van der Waals surface area contributed by atoms with Crippen molar-refractivity contribution < 1.29 is 9.59 Å². The Morgan fingerprint density at radius 1 is 1.12 bits per heavy atom. The van der Waals surface area contributed by atoms with Gasteiger partial charge in [-0.1, -0.05) is 36.4 Å². The zero-order valence-electron chi connectivity index (χ0n) is 18.0. The molecule has 0 radical (unpaired) electrons. The fourth-order valence-corrected chi connectivity index (χ4v) is 4.44. The summed E-state index contributed by atoms with van der Waals surface area (Å²) < 4.78 is 0. The van der Waals surface area contributed by atoms with Gasteiger partial charge in [0.2, 0.25) is 11.8 Å². The molecule has 0 spiro atoms. The van der Waals surface area contributed by atoms with E-state index in [2.05, 4.69) is 50.8 Å². The number of anilines is 1. The highest BCUT2D eigenvalue weighted by Gasteiger charge is 2.32. The standard InChI is InChI=1S/C24H27N5O2S/c1-26-24-28-21(15-32-24)19-7-3-6-18(11-19)17-5-2-4-16(10-17)12-27-23(31)20-13-29(14-20)9-8-22(25)30/h2-7,10-11,15,20H,8-9,12-14H2,1H3,(H2,25,30)(H,26,28)(H,27,31). The van der Waals surface area contributed by atoms with E-state index in [0.29, 0.717) is 32.6 Å². The van der Waals surface area contributed by atoms with Crippen LogP contribution >= 0.6 is 11.3 Å². The van der Waals surface area contributed by atoms with Gasteiger partial charge in [-0.15, -0.1) is 11.3 Å². The van der Waals surface area contributed by atoms with Gasteiger partial charge in [0, 0.05) is 50.6 Å². The predicted molar refractivity (Wildman–Crippen MR) is 128 cm³/mol. The summed E-state index contributed by atoms with van der Waals surface area (Å²) in [5.74, 6) is -0.280. The Morgan fingerprint density at radius 3 is 2.56 bits per heavy atom. The highest BCUT2D eigenvalue weighted by Crippen LogP contribution is 2.29. The second-order valence-corrected chi connectivity index (χ2v) is 8.82. The SMILES string of the molecule is CNc1nc(-c2cccc(-c3cccc(CNC(=O)C4CN(CCC(N)=O)C4)c3)c2)cs1. The van der Waals surface area contributed by atoms with E-state index in [0.717, 1.165) is 33.1 Å². The number of hydrogen-bond acceptors (Lipinski definition) is 6. The summed E-state index contributed by atoms with van der Waals surface area (Å²) in [6.45, 7) is 2.47. The number of nitrogens with zero attached hydrogens (tertiary/aromatic N) is 2. The number of aromatic nitrogens is 1. The zero-order valence-corrected chi connectivity index (χ0v) is 18.8. The third kappa shape index (κ3) is 5.33. The molecule has 3 aromatic rings. The van der Waals surface area contributed by atoms with E-state index < -0.39 is 0 Å². The number of carbonyl (C=O) groups excluding carboxylic acids is 2. The predicted octanol–water partition coefficient (Wildman–Crippen LogP) is 2.94. The minimum Gasteiger partial charge on any atom is -0.370 e. The molecule has 0 unspecified atom stereocenters. The molecule has 1 saturated heterocycles. The van der Waals surface area contributed by atoms with Gasteiger partial charge in [-0.05, 0) is 28.8 Å². The Kier molecular flexibility index (Phi) is 6.82. The molecule has 1 aromatic heterocycles. The van der Waals surface area contributed by atoms with Gasteiger partial charge < -0.3 is 21.3 Å². The monoisotopic (exact) mass is 449 g/mol. The molecule has 8 heteroatoms. The first-order valence-electron chi connectivity index (χ1n) is 10.6. The molecule has 4 N–H and O–H groups in total. The number of benzene rings is 2. The van der Waals surface area contributed by atoms with E-state index in [-0.39, 0.29) is 17.7 Å². The van der Waals surface area contributed by atoms with Crippen molar-refractivity contribution in [2.75, 3.05) is 32.0 Å². The van der Waals surface area contributed by atoms with Gasteiger partial charge in [-0.3, -0.25) is 9.59 Å². The van der Waals surface area contributed by atoms with Crippen LogP contribution in [-0.2, 0) is 16.1 Å². The number of rotatable bonds is 9. The summed E-state index contributed by atoms with van der Waals surface area (Å²) in [5.41, 5.74) is 10.5. The maximum absolute atomic E-state index is 12.4. The van der Waals surface area contributed by atoms with Crippen molar-refractivity contribution in [2.24, 2.45) is 11.7 Å². The van der Waals surface area contributed by atoms with Crippen LogP contribution in [0.15, 0.2) is 53.9 Å². The zero-order chi connectivity index (χ0) is 22.5. The Hall–Kier alpha value is -3.23. The van der Waals surface area contributed by atoms with Crippen LogP contribution in [0, 0.1) is 5.92 Å². The third-order valence-electron chi connectivity index (χ3n) is 5.61. The molecule has 32 heavy (non-hydrogen) atoms. The second-order valence-electron chi connectivity index (χ2n) is 7.96. The van der Waals surface area contributed by atoms with Crippen molar-refractivity contribution in [1.29, 1.82) is 0 Å². The average molecular weight is 450 g/mol. The number of likely N-dealkylation sites (tertiary alicyclic amines) is 1. The number of nitrogens with two attached hydrogens (primary N) is 1. The first kappa shape index (κ1) is 22.0. The summed E-state index contributed by atoms with van der Waals surface area (Å²) in [7, 11) is 1.87. The minimum atomic E-state index is -0.308. The summed E-state index contributed by atoms with van der Waals surface area (Å²) in [4.78, 5) is 30.0. The number of thiazole rings is 1. The van der Waals surface area contributed by atoms with E-state index >= 15 is 0 Å². The van der Waals surface area contributed by atoms with E-state index in [1.807, 2.05) is 30.6 Å². The fourth-order valence-electron chi connectivity index (χ4n) is 3.76. The minimum absolute atomic E-state index is 0.0247. The maximum atomic E-state index is 12.4. The molecule has 1 fully saturated rings. The molecule has 2 heterocycles. The molecular formula is C24H27N5O2S. The van der Waals surface area contributed by atoms with Crippen molar-refractivity contribution in [3.63, 3.8) is 0 Å². The van der Waals surface area contributed by atoms with Gasteiger partial charge in [-0.25, -0.2) is 4.98 Å². The number of primary amides is 1. The summed E-state index contributed by atoms with van der Waals surface area (Å²) in [6, 6.07) is 16.5. The lowest BCUT2D eigenvalue weighted by Crippen LogP contribution is -2.53. The van der Waals surface area contributed by atoms with Crippen LogP contribution in [0.1, 0.15) is 12.0 Å². The Labute approximate surface area is 191 Å². The van der Waals surface area contributed by atoms with Gasteiger partial charge in [-0.2, -0.15) is 0 Å². The molecule has 0 atom stereocenters. The fraction of sp³-hybridized carbons (Fsp3) is 0.292. The summed E-state index contributed by atoms with van der Waals surface area (Å²) in [5, 5.41) is 9.06. The molecule has 2 aromatic carbocycles. The van der Waals surface area contributed by atoms with Crippen LogP contribution in [0.4, 0.5) is 5.13 Å². The smallest absolute Gasteiger partial charge is 0.225 e. The number of carbonyl (C=O) groups is 2. The van der Waals surface area contributed by atoms with E-state index in [9.17, 15) is 9.59 Å². The van der Waals surface area contributed by atoms with Crippen LogP contribution < -0.4 is 16.4 Å². The summed E-state index contributed by atoms with van der Waals surface area (Å²) >= 11 is 1.58. The lowest BCUT2D eigenvalue weighted by Gasteiger charge is -2.37. The molecule has 166 valence electrons. The maximum Gasteiger partial charge on any atom is 0.225 e. The van der Waals surface area contributed by atoms with E-state index in [4.69, 9.17) is 5.73 Å². The Balaban J connectivity index is 1.35. The number of hydrogen-bond donors (Lipinski definition) is 3. The van der Waals surface area contributed by atoms with Crippen molar-refractivity contribution >= 4 is 28.3 Å². The van der Waals surface area contributed by atoms with Crippen molar-refractivity contribution in [3.8, 4) is 22.4 Å². The van der Waals surface area contributed by atoms with Crippen LogP contribution in [0.2, 0.25) is 0 Å². The molecule has 2 amide bonds. The third-order valence-corrected chi connectivity index (χ3v) is 6.47. The molecule has 1 aliphatic heterocycles. The largest absolute Gasteiger partial charge is 0.370 e. The van der Waals surface area contributed by atoms with E-state index in [1.54, 1.807) is 11.3 Å². The van der Waals surface area contributed by atoms with Crippen molar-refractivity contribution in [3.05, 3.63) is 59.5 Å². The first-order valence-corrected chi connectivity index (χ1v) is 11.5. The summed E-state index contributed by atoms with van der Waals surface area (Å²) in [6.07, 6.45) is 0.335. The normalized spacial score (nSPS) is 14.0. The van der Waals surface area contributed by atoms with E-state index in [1.165, 1.54) is 0 Å². The Bertz CT molecular complexity index is 1110. The molecule has 1 aliphatic rings. The highest BCUT2D eigenvalue weighted by molar-refractivity contribution is 7.14. The quantitative estimate of drug-likeness (QED) is 0.466. The van der Waals surface area contributed by atoms with Crippen molar-refractivity contribution in [2.45, 2.75) is 13.0 Å². The van der Waals surface area contributed by atoms with Crippen LogP contribution in [0.25, 0.3) is 22.4 Å². The highest BCUT2D eigenvalue weighted by atomic mass is 32.1. The molecular weight excluding hydrogens is 422 g/mol. The van der Waals surface area contributed by atoms with Gasteiger partial charge in [0.05, 0.1) is 11.6 Å². The first-order chi connectivity index (χ1) is 15.5. The topological polar surface area (TPSA) is 100 Å². The molecule has 0 saturated carbocycles. The van der Waals surface area contributed by atoms with Gasteiger partial charge in [0.15, 0.2) is 5.13 Å². The lowest BCUT2D eigenvalue weighted by molar-refractivity contribution is -0.130. The van der Waals surface area contributed by atoms with Gasteiger partial charge >= 0.3 is 0 Å². The molecule has 0 aliphatic carbocycles. The Morgan fingerprint density at radius 2 is 1.84 bits per heavy atom. The van der Waals surface area contributed by atoms with Crippen LogP contribution in [-0.4, -0.2) is 48.4 Å². The van der Waals surface area contributed by atoms with Gasteiger partial charge in [0.1, 0.15) is 0 Å². The average Bonchev–Trinajstić information content (AvgIpc) is 3.26. The molecule has 0 bridgehead atoms. The molecule has 4 rings (SSSR count). The van der Waals surface area contributed by atoms with Crippen LogP contribution in [0.3, 0.4) is 0 Å². The van der Waals surface area contributed by atoms with Crippen LogP contribution in [0.5, 0.6) is 0 Å². The lowest BCUT2D eigenvalue weighted by atomic mass is 9.98. The van der Waals surface area contributed by atoms with Gasteiger partial charge in [0.25, 0.3) is 0 Å². The number of nitrogens with one attached hydrogen (secondary N) is 2. The second kappa shape index (κ2) is 9.93. The van der Waals surface area contributed by atoms with Crippen molar-refractivity contribution in [1.82, 2.24) is 15.2 Å².